The van der Waals surface area contributed by atoms with Gasteiger partial charge >= 0.3 is 11.9 Å². The summed E-state index contributed by atoms with van der Waals surface area (Å²) in [6, 6.07) is 0. The summed E-state index contributed by atoms with van der Waals surface area (Å²) in [5, 5.41) is 18.2. The van der Waals surface area contributed by atoms with Crippen molar-refractivity contribution in [3.05, 3.63) is 0 Å². The van der Waals surface area contributed by atoms with Crippen molar-refractivity contribution in [2.45, 2.75) is 31.8 Å². The predicted octanol–water partition coefficient (Wildman–Crippen LogP) is 0.189. The number of aliphatic carboxylic acids is 2. The van der Waals surface area contributed by atoms with E-state index in [1.54, 1.807) is 6.92 Å². The zero-order valence-electron chi connectivity index (χ0n) is 11.4. The Balaban J connectivity index is 2.10. The second kappa shape index (κ2) is 5.40. The maximum Gasteiger partial charge on any atom is 0.309 e. The molecule has 0 radical (unpaired) electrons. The molecule has 1 amide bonds. The van der Waals surface area contributed by atoms with Crippen molar-refractivity contribution in [2.75, 3.05) is 19.7 Å². The van der Waals surface area contributed by atoms with Gasteiger partial charge in [-0.1, -0.05) is 0 Å². The number of hydrogen-bond acceptors (Lipinski definition) is 4. The number of nitrogens with zero attached hydrogens (tertiary/aromatic N) is 1. The van der Waals surface area contributed by atoms with Gasteiger partial charge in [0, 0.05) is 19.7 Å². The Morgan fingerprint density at radius 1 is 1.20 bits per heavy atom. The molecule has 0 aromatic rings. The van der Waals surface area contributed by atoms with E-state index in [9.17, 15) is 14.4 Å². The van der Waals surface area contributed by atoms with Gasteiger partial charge < -0.3 is 19.8 Å². The monoisotopic (exact) mass is 285 g/mol. The number of carbonyl (C=O) groups is 3. The quantitative estimate of drug-likeness (QED) is 0.767. The number of carboxylic acid groups (broad SMARTS) is 2. The molecule has 2 aliphatic rings. The average Bonchev–Trinajstić information content (AvgIpc) is 2.85. The van der Waals surface area contributed by atoms with Crippen LogP contribution in [0.4, 0.5) is 0 Å². The van der Waals surface area contributed by atoms with Crippen molar-refractivity contribution in [1.29, 1.82) is 0 Å². The first-order valence-corrected chi connectivity index (χ1v) is 6.74. The smallest absolute Gasteiger partial charge is 0.309 e. The fourth-order valence-corrected chi connectivity index (χ4v) is 2.96. The highest BCUT2D eigenvalue weighted by atomic mass is 16.5. The van der Waals surface area contributed by atoms with Crippen molar-refractivity contribution in [3.63, 3.8) is 0 Å². The summed E-state index contributed by atoms with van der Waals surface area (Å²) in [6.45, 7) is 2.43. The van der Waals surface area contributed by atoms with Crippen molar-refractivity contribution < 1.29 is 29.3 Å². The van der Waals surface area contributed by atoms with Gasteiger partial charge in [-0.05, 0) is 26.2 Å². The number of carboxylic acids is 2. The standard InChI is InChI=1S/C13H19NO6/c1-13(4-2-6-20-13)12(19)14-5-3-8(10(15)16)9(7-14)11(17)18/h8-9H,2-7H2,1H3,(H,15,16)(H,17,18). The van der Waals surface area contributed by atoms with Gasteiger partial charge in [0.05, 0.1) is 11.8 Å². The number of hydrogen-bond donors (Lipinski definition) is 2. The Morgan fingerprint density at radius 2 is 1.85 bits per heavy atom. The summed E-state index contributed by atoms with van der Waals surface area (Å²) in [5.41, 5.74) is -0.890. The minimum atomic E-state index is -1.17. The lowest BCUT2D eigenvalue weighted by atomic mass is 9.84. The van der Waals surface area contributed by atoms with Crippen LogP contribution < -0.4 is 0 Å². The van der Waals surface area contributed by atoms with Crippen molar-refractivity contribution >= 4 is 17.8 Å². The van der Waals surface area contributed by atoms with Gasteiger partial charge in [0.1, 0.15) is 5.60 Å². The zero-order valence-corrected chi connectivity index (χ0v) is 11.4. The van der Waals surface area contributed by atoms with Crippen LogP contribution in [0, 0.1) is 11.8 Å². The molecule has 0 aromatic heterocycles. The molecule has 7 heteroatoms. The van der Waals surface area contributed by atoms with Crippen LogP contribution in [-0.2, 0) is 19.1 Å². The molecule has 3 atom stereocenters. The molecule has 0 bridgehead atoms. The molecular weight excluding hydrogens is 266 g/mol. The lowest BCUT2D eigenvalue weighted by molar-refractivity contribution is -0.164. The number of carbonyl (C=O) groups excluding carboxylic acids is 1. The maximum atomic E-state index is 12.4. The van der Waals surface area contributed by atoms with Gasteiger partial charge in [-0.3, -0.25) is 14.4 Å². The highest BCUT2D eigenvalue weighted by molar-refractivity contribution is 5.87. The normalized spacial score (nSPS) is 34.0. The first-order chi connectivity index (χ1) is 9.35. The molecule has 2 heterocycles. The first kappa shape index (κ1) is 14.8. The number of rotatable bonds is 3. The molecule has 7 nitrogen and oxygen atoms in total. The van der Waals surface area contributed by atoms with E-state index in [4.69, 9.17) is 14.9 Å². The van der Waals surface area contributed by atoms with Gasteiger partial charge in [-0.2, -0.15) is 0 Å². The number of piperidine rings is 1. The van der Waals surface area contributed by atoms with E-state index in [1.165, 1.54) is 4.90 Å². The number of likely N-dealkylation sites (tertiary alicyclic amines) is 1. The lowest BCUT2D eigenvalue weighted by Gasteiger charge is -2.38. The Kier molecular flexibility index (Phi) is 3.99. The summed E-state index contributed by atoms with van der Waals surface area (Å²) < 4.78 is 5.47. The summed E-state index contributed by atoms with van der Waals surface area (Å²) >= 11 is 0. The molecule has 2 saturated heterocycles. The second-order valence-corrected chi connectivity index (χ2v) is 5.61. The van der Waals surface area contributed by atoms with Crippen molar-refractivity contribution in [1.82, 2.24) is 4.90 Å². The molecule has 2 rings (SSSR count). The van der Waals surface area contributed by atoms with Crippen LogP contribution in [-0.4, -0.2) is 58.3 Å². The largest absolute Gasteiger partial charge is 0.481 e. The van der Waals surface area contributed by atoms with E-state index in [0.717, 1.165) is 6.42 Å². The topological polar surface area (TPSA) is 104 Å². The van der Waals surface area contributed by atoms with Crippen LogP contribution in [0.15, 0.2) is 0 Å². The first-order valence-electron chi connectivity index (χ1n) is 6.74. The molecule has 2 N–H and O–H groups in total. The average molecular weight is 285 g/mol. The molecule has 0 aliphatic carbocycles. The third-order valence-corrected chi connectivity index (χ3v) is 4.21. The van der Waals surface area contributed by atoms with Crippen LogP contribution in [0.5, 0.6) is 0 Å². The van der Waals surface area contributed by atoms with Crippen LogP contribution in [0.25, 0.3) is 0 Å². The number of ether oxygens (including phenoxy) is 1. The minimum absolute atomic E-state index is 0.0654. The Hall–Kier alpha value is -1.63. The fraction of sp³-hybridized carbons (Fsp3) is 0.769. The van der Waals surface area contributed by atoms with E-state index in [2.05, 4.69) is 0 Å². The second-order valence-electron chi connectivity index (χ2n) is 5.61. The summed E-state index contributed by atoms with van der Waals surface area (Å²) in [6.07, 6.45) is 1.58. The Morgan fingerprint density at radius 3 is 2.35 bits per heavy atom. The highest BCUT2D eigenvalue weighted by Crippen LogP contribution is 2.31. The molecule has 3 unspecified atom stereocenters. The molecule has 0 aromatic carbocycles. The van der Waals surface area contributed by atoms with Crippen LogP contribution in [0.2, 0.25) is 0 Å². The highest BCUT2D eigenvalue weighted by Gasteiger charge is 2.45. The van der Waals surface area contributed by atoms with Gasteiger partial charge in [0.15, 0.2) is 0 Å². The molecular formula is C13H19NO6. The predicted molar refractivity (Wildman–Crippen MR) is 67.0 cm³/mol. The summed E-state index contributed by atoms with van der Waals surface area (Å²) in [7, 11) is 0. The molecule has 112 valence electrons. The van der Waals surface area contributed by atoms with E-state index in [0.29, 0.717) is 13.0 Å². The van der Waals surface area contributed by atoms with Gasteiger partial charge in [-0.15, -0.1) is 0 Å². The Bertz CT molecular complexity index is 429. The zero-order chi connectivity index (χ0) is 14.9. The van der Waals surface area contributed by atoms with E-state index < -0.39 is 29.4 Å². The third kappa shape index (κ3) is 2.63. The number of amides is 1. The third-order valence-electron chi connectivity index (χ3n) is 4.21. The molecule has 0 spiro atoms. The summed E-state index contributed by atoms with van der Waals surface area (Å²) in [5.74, 6) is -4.52. The SMILES string of the molecule is CC1(C(=O)N2CCC(C(=O)O)C(C(=O)O)C2)CCCO1. The molecule has 2 aliphatic heterocycles. The van der Waals surface area contributed by atoms with Crippen LogP contribution in [0.3, 0.4) is 0 Å². The van der Waals surface area contributed by atoms with E-state index in [-0.39, 0.29) is 25.4 Å². The van der Waals surface area contributed by atoms with Crippen LogP contribution >= 0.6 is 0 Å². The van der Waals surface area contributed by atoms with Gasteiger partial charge in [0.2, 0.25) is 0 Å². The fourth-order valence-electron chi connectivity index (χ4n) is 2.96. The van der Waals surface area contributed by atoms with Crippen LogP contribution in [0.1, 0.15) is 26.2 Å². The van der Waals surface area contributed by atoms with E-state index in [1.807, 2.05) is 0 Å². The minimum Gasteiger partial charge on any atom is -0.481 e. The van der Waals surface area contributed by atoms with Crippen molar-refractivity contribution in [3.8, 4) is 0 Å². The molecule has 20 heavy (non-hydrogen) atoms. The lowest BCUT2D eigenvalue weighted by Crippen LogP contribution is -2.54. The van der Waals surface area contributed by atoms with E-state index >= 15 is 0 Å². The van der Waals surface area contributed by atoms with Gasteiger partial charge in [-0.25, -0.2) is 0 Å². The molecule has 2 fully saturated rings. The summed E-state index contributed by atoms with van der Waals surface area (Å²) in [4.78, 5) is 36.1. The maximum absolute atomic E-state index is 12.4. The molecule has 0 saturated carbocycles. The van der Waals surface area contributed by atoms with Crippen molar-refractivity contribution in [2.24, 2.45) is 11.8 Å². The Labute approximate surface area is 116 Å². The van der Waals surface area contributed by atoms with Gasteiger partial charge in [0.25, 0.3) is 5.91 Å².